The molecule has 3 rings (SSSR count). The summed E-state index contributed by atoms with van der Waals surface area (Å²) >= 11 is 3.47. The topological polar surface area (TPSA) is 91.8 Å². The molecular weight excluding hydrogens is 390 g/mol. The molecule has 1 aliphatic rings. The molecule has 1 aliphatic heterocycles. The van der Waals surface area contributed by atoms with Crippen LogP contribution in [0.2, 0.25) is 0 Å². The maximum Gasteiger partial charge on any atom is 0.343 e. The maximum absolute atomic E-state index is 12.5. The third-order valence-electron chi connectivity index (χ3n) is 3.85. The van der Waals surface area contributed by atoms with Crippen LogP contribution in [0.3, 0.4) is 0 Å². The summed E-state index contributed by atoms with van der Waals surface area (Å²) in [7, 11) is 0. The van der Waals surface area contributed by atoms with E-state index in [1.54, 1.807) is 26.0 Å². The molecule has 0 spiro atoms. The number of carbonyl (C=O) groups is 1. The molecule has 0 saturated carbocycles. The van der Waals surface area contributed by atoms with Gasteiger partial charge < -0.3 is 19.6 Å². The van der Waals surface area contributed by atoms with Gasteiger partial charge in [0.1, 0.15) is 17.1 Å². The normalized spacial score (nSPS) is 16.2. The molecule has 2 heterocycles. The van der Waals surface area contributed by atoms with Crippen molar-refractivity contribution in [1.29, 1.82) is 0 Å². The van der Waals surface area contributed by atoms with Gasteiger partial charge >= 0.3 is 11.6 Å². The van der Waals surface area contributed by atoms with Gasteiger partial charge in [0.05, 0.1) is 18.1 Å². The van der Waals surface area contributed by atoms with Crippen LogP contribution in [0.25, 0.3) is 0 Å². The third kappa shape index (κ3) is 3.07. The van der Waals surface area contributed by atoms with Crippen molar-refractivity contribution in [2.75, 3.05) is 6.61 Å². The van der Waals surface area contributed by atoms with E-state index in [0.29, 0.717) is 11.3 Å². The number of ether oxygens (including phenoxy) is 2. The Labute approximate surface area is 152 Å². The molecule has 1 atom stereocenters. The lowest BCUT2D eigenvalue weighted by molar-refractivity contribution is -0.139. The van der Waals surface area contributed by atoms with Crippen LogP contribution < -0.4 is 16.1 Å². The molecule has 0 radical (unpaired) electrons. The molecule has 0 saturated heterocycles. The number of halogens is 1. The number of rotatable bonds is 3. The number of aryl methyl sites for hydroxylation is 1. The molecule has 0 amide bonds. The van der Waals surface area contributed by atoms with Crippen molar-refractivity contribution in [3.63, 3.8) is 0 Å². The summed E-state index contributed by atoms with van der Waals surface area (Å²) in [6.07, 6.45) is 0. The predicted molar refractivity (Wildman–Crippen MR) is 94.2 cm³/mol. The Morgan fingerprint density at radius 3 is 2.76 bits per heavy atom. The third-order valence-corrected chi connectivity index (χ3v) is 4.57. The zero-order valence-electron chi connectivity index (χ0n) is 13.7. The van der Waals surface area contributed by atoms with Gasteiger partial charge in [-0.15, -0.1) is 0 Å². The Bertz CT molecular complexity index is 931. The minimum atomic E-state index is -0.754. The van der Waals surface area contributed by atoms with E-state index in [1.165, 1.54) is 0 Å². The van der Waals surface area contributed by atoms with Crippen molar-refractivity contribution < 1.29 is 18.7 Å². The number of nitrogens with two attached hydrogens (primary N) is 1. The van der Waals surface area contributed by atoms with Gasteiger partial charge in [-0.25, -0.2) is 9.59 Å². The first-order valence-electron chi connectivity index (χ1n) is 7.67. The minimum absolute atomic E-state index is 0.0809. The van der Waals surface area contributed by atoms with Crippen molar-refractivity contribution in [2.24, 2.45) is 5.73 Å². The first-order chi connectivity index (χ1) is 11.9. The Morgan fingerprint density at radius 2 is 2.08 bits per heavy atom. The van der Waals surface area contributed by atoms with E-state index in [0.717, 1.165) is 4.47 Å². The van der Waals surface area contributed by atoms with Crippen LogP contribution in [-0.2, 0) is 9.53 Å². The van der Waals surface area contributed by atoms with Crippen molar-refractivity contribution in [3.8, 4) is 5.75 Å². The van der Waals surface area contributed by atoms with E-state index in [2.05, 4.69) is 15.9 Å². The maximum atomic E-state index is 12.5. The molecule has 0 unspecified atom stereocenters. The minimum Gasteiger partial charge on any atom is -0.462 e. The summed E-state index contributed by atoms with van der Waals surface area (Å²) in [5.74, 6) is -0.805. The summed E-state index contributed by atoms with van der Waals surface area (Å²) in [6.45, 7) is 3.50. The number of hydrogen-bond acceptors (Lipinski definition) is 6. The second-order valence-corrected chi connectivity index (χ2v) is 6.33. The number of carbonyl (C=O) groups excluding carboxylic acids is 1. The van der Waals surface area contributed by atoms with Gasteiger partial charge in [-0.1, -0.05) is 34.1 Å². The standard InChI is InChI=1S/C18H16BrNO5/c1-3-23-17(21)15-13(10-6-4-5-7-11(10)19)14-12(25-16(15)20)8-9(2)24-18(14)22/h4-8,13H,3,20H2,1-2H3/t13-/m0/s1. The van der Waals surface area contributed by atoms with E-state index < -0.39 is 17.5 Å². The first kappa shape index (κ1) is 17.3. The number of fused-ring (bicyclic) bond motifs is 1. The number of benzene rings is 1. The van der Waals surface area contributed by atoms with E-state index >= 15 is 0 Å². The SMILES string of the molecule is CCOC(=O)C1=C(N)Oc2cc(C)oc(=O)c2[C@@H]1c1ccccc1Br. The highest BCUT2D eigenvalue weighted by Gasteiger charge is 2.39. The monoisotopic (exact) mass is 405 g/mol. The molecule has 1 aromatic heterocycles. The molecule has 2 N–H and O–H groups in total. The molecule has 2 aromatic rings. The highest BCUT2D eigenvalue weighted by molar-refractivity contribution is 9.10. The van der Waals surface area contributed by atoms with E-state index in [-0.39, 0.29) is 29.4 Å². The van der Waals surface area contributed by atoms with Crippen molar-refractivity contribution in [3.05, 3.63) is 73.6 Å². The summed E-state index contributed by atoms with van der Waals surface area (Å²) in [5.41, 5.74) is 6.42. The smallest absolute Gasteiger partial charge is 0.343 e. The average Bonchev–Trinajstić information content (AvgIpc) is 2.53. The van der Waals surface area contributed by atoms with Gasteiger partial charge in [0, 0.05) is 10.5 Å². The van der Waals surface area contributed by atoms with Crippen LogP contribution in [0, 0.1) is 6.92 Å². The van der Waals surface area contributed by atoms with E-state index in [1.807, 2.05) is 18.2 Å². The predicted octanol–water partition coefficient (Wildman–Crippen LogP) is 2.97. The average molecular weight is 406 g/mol. The summed E-state index contributed by atoms with van der Waals surface area (Å²) in [6, 6.07) is 8.84. The second kappa shape index (κ2) is 6.76. The molecule has 25 heavy (non-hydrogen) atoms. The number of hydrogen-bond donors (Lipinski definition) is 1. The second-order valence-electron chi connectivity index (χ2n) is 5.48. The zero-order valence-corrected chi connectivity index (χ0v) is 15.3. The lowest BCUT2D eigenvalue weighted by Gasteiger charge is -2.27. The van der Waals surface area contributed by atoms with Gasteiger partial charge in [0.15, 0.2) is 0 Å². The molecular formula is C18H16BrNO5. The molecule has 0 fully saturated rings. The van der Waals surface area contributed by atoms with Crippen LogP contribution in [0.4, 0.5) is 0 Å². The van der Waals surface area contributed by atoms with E-state index in [4.69, 9.17) is 19.6 Å². The Balaban J connectivity index is 2.30. The van der Waals surface area contributed by atoms with Gasteiger partial charge in [-0.05, 0) is 25.5 Å². The molecule has 1 aromatic carbocycles. The quantitative estimate of drug-likeness (QED) is 0.789. The van der Waals surface area contributed by atoms with Gasteiger partial charge in [-0.3, -0.25) is 0 Å². The fourth-order valence-corrected chi connectivity index (χ4v) is 3.36. The van der Waals surface area contributed by atoms with Crippen LogP contribution in [0.1, 0.15) is 29.7 Å². The Morgan fingerprint density at radius 1 is 1.36 bits per heavy atom. The molecule has 7 heteroatoms. The van der Waals surface area contributed by atoms with Crippen molar-refractivity contribution in [2.45, 2.75) is 19.8 Å². The Kier molecular flexibility index (Phi) is 4.67. The lowest BCUT2D eigenvalue weighted by atomic mass is 9.84. The molecule has 6 nitrogen and oxygen atoms in total. The highest BCUT2D eigenvalue weighted by Crippen LogP contribution is 2.43. The largest absolute Gasteiger partial charge is 0.462 e. The summed E-state index contributed by atoms with van der Waals surface area (Å²) in [4.78, 5) is 25.0. The lowest BCUT2D eigenvalue weighted by Crippen LogP contribution is -2.31. The van der Waals surface area contributed by atoms with Crippen LogP contribution >= 0.6 is 15.9 Å². The van der Waals surface area contributed by atoms with Gasteiger partial charge in [0.2, 0.25) is 5.88 Å². The number of esters is 1. The fraction of sp³-hybridized carbons (Fsp3) is 0.222. The first-order valence-corrected chi connectivity index (χ1v) is 8.47. The van der Waals surface area contributed by atoms with Crippen molar-refractivity contribution in [1.82, 2.24) is 0 Å². The van der Waals surface area contributed by atoms with Crippen molar-refractivity contribution >= 4 is 21.9 Å². The van der Waals surface area contributed by atoms with Gasteiger partial charge in [-0.2, -0.15) is 0 Å². The molecule has 130 valence electrons. The van der Waals surface area contributed by atoms with Gasteiger partial charge in [0.25, 0.3) is 0 Å². The summed E-state index contributed by atoms with van der Waals surface area (Å²) in [5, 5.41) is 0. The fourth-order valence-electron chi connectivity index (χ4n) is 2.85. The molecule has 0 aliphatic carbocycles. The van der Waals surface area contributed by atoms with E-state index in [9.17, 15) is 9.59 Å². The highest BCUT2D eigenvalue weighted by atomic mass is 79.9. The zero-order chi connectivity index (χ0) is 18.1. The van der Waals surface area contributed by atoms with Crippen LogP contribution in [0.5, 0.6) is 5.75 Å². The van der Waals surface area contributed by atoms with Crippen LogP contribution in [0.15, 0.2) is 55.5 Å². The Hall–Kier alpha value is -2.54. The summed E-state index contributed by atoms with van der Waals surface area (Å²) < 4.78 is 16.6. The molecule has 0 bridgehead atoms. The van der Waals surface area contributed by atoms with Crippen LogP contribution in [-0.4, -0.2) is 12.6 Å².